The highest BCUT2D eigenvalue weighted by Gasteiger charge is 2.21. The summed E-state index contributed by atoms with van der Waals surface area (Å²) < 4.78 is 19.2. The monoisotopic (exact) mass is 261 g/mol. The van der Waals surface area contributed by atoms with Gasteiger partial charge in [-0.15, -0.1) is 0 Å². The number of hydrogen-bond donors (Lipinski definition) is 2. The van der Waals surface area contributed by atoms with Gasteiger partial charge in [-0.25, -0.2) is 9.37 Å². The van der Waals surface area contributed by atoms with Crippen molar-refractivity contribution in [1.82, 2.24) is 15.3 Å². The van der Waals surface area contributed by atoms with Crippen LogP contribution in [-0.4, -0.2) is 23.6 Å². The van der Waals surface area contributed by atoms with Crippen LogP contribution in [0.2, 0.25) is 0 Å². The normalized spacial score (nSPS) is 18.7. The van der Waals surface area contributed by atoms with E-state index in [0.29, 0.717) is 17.0 Å². The molecule has 100 valence electrons. The Bertz CT molecular complexity index is 576. The maximum atomic E-state index is 14.0. The molecule has 0 aliphatic carbocycles. The zero-order chi connectivity index (χ0) is 13.2. The van der Waals surface area contributed by atoms with Crippen LogP contribution in [0.5, 0.6) is 5.75 Å². The Morgan fingerprint density at radius 1 is 1.42 bits per heavy atom. The average molecular weight is 261 g/mol. The van der Waals surface area contributed by atoms with Crippen molar-refractivity contribution < 1.29 is 9.13 Å². The summed E-state index contributed by atoms with van der Waals surface area (Å²) in [4.78, 5) is 7.54. The molecule has 3 rings (SSSR count). The molecule has 1 aliphatic rings. The molecular formula is C14H16FN3O. The van der Waals surface area contributed by atoms with Crippen molar-refractivity contribution in [1.29, 1.82) is 0 Å². The van der Waals surface area contributed by atoms with E-state index in [9.17, 15) is 4.39 Å². The van der Waals surface area contributed by atoms with E-state index < -0.39 is 0 Å². The van der Waals surface area contributed by atoms with Crippen LogP contribution in [0.3, 0.4) is 0 Å². The number of halogens is 1. The minimum absolute atomic E-state index is 0.242. The van der Waals surface area contributed by atoms with Crippen molar-refractivity contribution in [3.8, 4) is 17.0 Å². The Morgan fingerprint density at radius 3 is 3.05 bits per heavy atom. The molecule has 0 bridgehead atoms. The number of aromatic nitrogens is 2. The van der Waals surface area contributed by atoms with E-state index >= 15 is 0 Å². The first-order valence-corrected chi connectivity index (χ1v) is 6.41. The lowest BCUT2D eigenvalue weighted by molar-refractivity contribution is 0.413. The highest BCUT2D eigenvalue weighted by molar-refractivity contribution is 5.67. The molecule has 1 unspecified atom stereocenters. The van der Waals surface area contributed by atoms with Gasteiger partial charge in [0.05, 0.1) is 30.6 Å². The molecule has 2 N–H and O–H groups in total. The fourth-order valence-electron chi connectivity index (χ4n) is 2.49. The van der Waals surface area contributed by atoms with Crippen molar-refractivity contribution in [3.63, 3.8) is 0 Å². The molecule has 5 heteroatoms. The van der Waals surface area contributed by atoms with Crippen molar-refractivity contribution in [3.05, 3.63) is 36.0 Å². The molecule has 4 nitrogen and oxygen atoms in total. The van der Waals surface area contributed by atoms with Crippen LogP contribution in [0.15, 0.2) is 24.4 Å². The van der Waals surface area contributed by atoms with Gasteiger partial charge in [-0.1, -0.05) is 6.07 Å². The number of imidazole rings is 1. The molecule has 2 heterocycles. The third kappa shape index (κ3) is 2.21. The van der Waals surface area contributed by atoms with Crippen LogP contribution < -0.4 is 10.1 Å². The molecule has 1 aromatic carbocycles. The SMILES string of the molecule is COc1cccc(F)c1-c1cnc(C2CCCN2)[nH]1. The lowest BCUT2D eigenvalue weighted by Crippen LogP contribution is -2.14. The number of benzene rings is 1. The Labute approximate surface area is 111 Å². The Kier molecular flexibility index (Phi) is 3.21. The maximum absolute atomic E-state index is 14.0. The third-order valence-electron chi connectivity index (χ3n) is 3.45. The fourth-order valence-corrected chi connectivity index (χ4v) is 2.49. The van der Waals surface area contributed by atoms with Crippen LogP contribution >= 0.6 is 0 Å². The predicted molar refractivity (Wildman–Crippen MR) is 70.5 cm³/mol. The van der Waals surface area contributed by atoms with E-state index in [1.807, 2.05) is 0 Å². The second kappa shape index (κ2) is 5.01. The molecule has 1 fully saturated rings. The van der Waals surface area contributed by atoms with E-state index in [4.69, 9.17) is 4.74 Å². The minimum Gasteiger partial charge on any atom is -0.496 e. The second-order valence-corrected chi connectivity index (χ2v) is 4.65. The number of hydrogen-bond acceptors (Lipinski definition) is 3. The van der Waals surface area contributed by atoms with Gasteiger partial charge in [0.15, 0.2) is 0 Å². The van der Waals surface area contributed by atoms with Gasteiger partial charge in [-0.05, 0) is 31.5 Å². The Morgan fingerprint density at radius 2 is 2.32 bits per heavy atom. The summed E-state index contributed by atoms with van der Waals surface area (Å²) in [7, 11) is 1.54. The highest BCUT2D eigenvalue weighted by Crippen LogP contribution is 2.32. The van der Waals surface area contributed by atoms with E-state index in [0.717, 1.165) is 25.2 Å². The van der Waals surface area contributed by atoms with E-state index in [2.05, 4.69) is 15.3 Å². The summed E-state index contributed by atoms with van der Waals surface area (Å²) in [6, 6.07) is 5.04. The van der Waals surface area contributed by atoms with Gasteiger partial charge in [0, 0.05) is 0 Å². The van der Waals surface area contributed by atoms with Crippen molar-refractivity contribution in [2.75, 3.05) is 13.7 Å². The van der Waals surface area contributed by atoms with Crippen molar-refractivity contribution >= 4 is 0 Å². The number of aromatic amines is 1. The first-order chi connectivity index (χ1) is 9.29. The topological polar surface area (TPSA) is 49.9 Å². The lowest BCUT2D eigenvalue weighted by Gasteiger charge is -2.08. The molecule has 19 heavy (non-hydrogen) atoms. The molecule has 1 atom stereocenters. The van der Waals surface area contributed by atoms with Gasteiger partial charge in [0.2, 0.25) is 0 Å². The van der Waals surface area contributed by atoms with Crippen molar-refractivity contribution in [2.24, 2.45) is 0 Å². The fraction of sp³-hybridized carbons (Fsp3) is 0.357. The predicted octanol–water partition coefficient (Wildman–Crippen LogP) is 2.65. The zero-order valence-electron chi connectivity index (χ0n) is 10.7. The van der Waals surface area contributed by atoms with Crippen LogP contribution in [0.25, 0.3) is 11.3 Å². The van der Waals surface area contributed by atoms with E-state index in [1.165, 1.54) is 13.2 Å². The molecule has 2 aromatic rings. The van der Waals surface area contributed by atoms with Crippen molar-refractivity contribution in [2.45, 2.75) is 18.9 Å². The molecule has 1 aromatic heterocycles. The smallest absolute Gasteiger partial charge is 0.136 e. The van der Waals surface area contributed by atoms with E-state index in [1.54, 1.807) is 18.3 Å². The molecule has 1 saturated heterocycles. The molecule has 0 saturated carbocycles. The number of methoxy groups -OCH3 is 1. The number of nitrogens with zero attached hydrogens (tertiary/aromatic N) is 1. The molecule has 0 radical (unpaired) electrons. The summed E-state index contributed by atoms with van der Waals surface area (Å²) in [5, 5.41) is 3.36. The largest absolute Gasteiger partial charge is 0.496 e. The standard InChI is InChI=1S/C14H16FN3O/c1-19-12-6-2-4-9(15)13(12)11-8-17-14(18-11)10-5-3-7-16-10/h2,4,6,8,10,16H,3,5,7H2,1H3,(H,17,18). The number of H-pyrrole nitrogens is 1. The molecule has 0 spiro atoms. The van der Waals surface area contributed by atoms with Gasteiger partial charge in [0.25, 0.3) is 0 Å². The summed E-state index contributed by atoms with van der Waals surface area (Å²) in [6.07, 6.45) is 3.86. The first kappa shape index (κ1) is 12.2. The summed E-state index contributed by atoms with van der Waals surface area (Å²) in [5.74, 6) is 1.06. The van der Waals surface area contributed by atoms with Gasteiger partial charge >= 0.3 is 0 Å². The second-order valence-electron chi connectivity index (χ2n) is 4.65. The van der Waals surface area contributed by atoms with Gasteiger partial charge in [0.1, 0.15) is 17.4 Å². The van der Waals surface area contributed by atoms with E-state index in [-0.39, 0.29) is 11.9 Å². The molecule has 0 amide bonds. The third-order valence-corrected chi connectivity index (χ3v) is 3.45. The molecule has 1 aliphatic heterocycles. The Balaban J connectivity index is 1.98. The maximum Gasteiger partial charge on any atom is 0.136 e. The van der Waals surface area contributed by atoms with Crippen LogP contribution in [0.4, 0.5) is 4.39 Å². The quantitative estimate of drug-likeness (QED) is 0.893. The van der Waals surface area contributed by atoms with Crippen LogP contribution in [0, 0.1) is 5.82 Å². The summed E-state index contributed by atoms with van der Waals surface area (Å²) in [5.41, 5.74) is 1.08. The average Bonchev–Trinajstić information content (AvgIpc) is 3.08. The van der Waals surface area contributed by atoms with Gasteiger partial charge in [-0.2, -0.15) is 0 Å². The first-order valence-electron chi connectivity index (χ1n) is 6.41. The zero-order valence-corrected chi connectivity index (χ0v) is 10.7. The van der Waals surface area contributed by atoms with Crippen LogP contribution in [-0.2, 0) is 0 Å². The summed E-state index contributed by atoms with van der Waals surface area (Å²) >= 11 is 0. The van der Waals surface area contributed by atoms with Crippen LogP contribution in [0.1, 0.15) is 24.7 Å². The number of rotatable bonds is 3. The Hall–Kier alpha value is -1.88. The number of ether oxygens (including phenoxy) is 1. The molecular weight excluding hydrogens is 245 g/mol. The number of nitrogens with one attached hydrogen (secondary N) is 2. The van der Waals surface area contributed by atoms with Gasteiger partial charge in [-0.3, -0.25) is 0 Å². The summed E-state index contributed by atoms with van der Waals surface area (Å²) in [6.45, 7) is 1.00. The minimum atomic E-state index is -0.311. The lowest BCUT2D eigenvalue weighted by atomic mass is 10.1. The van der Waals surface area contributed by atoms with Gasteiger partial charge < -0.3 is 15.0 Å². The highest BCUT2D eigenvalue weighted by atomic mass is 19.1.